The van der Waals surface area contributed by atoms with Crippen LogP contribution in [-0.4, -0.2) is 64.9 Å². The lowest BCUT2D eigenvalue weighted by molar-refractivity contribution is -0.136. The lowest BCUT2D eigenvalue weighted by Crippen LogP contribution is -2.27. The number of anilines is 1. The van der Waals surface area contributed by atoms with E-state index in [9.17, 15) is 14.4 Å². The zero-order chi connectivity index (χ0) is 25.2. The highest BCUT2D eigenvalue weighted by molar-refractivity contribution is 6.08. The molecule has 1 aromatic heterocycles. The Hall–Kier alpha value is -4.11. The number of carboxylic acids is 1. The van der Waals surface area contributed by atoms with Gasteiger partial charge in [-0.3, -0.25) is 14.4 Å². The molecule has 9 nitrogen and oxygen atoms in total. The third-order valence-corrected chi connectivity index (χ3v) is 5.13. The van der Waals surface area contributed by atoms with Crippen molar-refractivity contribution in [3.63, 3.8) is 0 Å². The van der Waals surface area contributed by atoms with E-state index in [1.54, 1.807) is 30.3 Å². The Morgan fingerprint density at radius 3 is 2.37 bits per heavy atom. The number of benzene rings is 2. The Morgan fingerprint density at radius 2 is 1.66 bits per heavy atom. The zero-order valence-electron chi connectivity index (χ0n) is 19.8. The van der Waals surface area contributed by atoms with Gasteiger partial charge in [-0.2, -0.15) is 0 Å². The number of aliphatic carboxylic acids is 1. The number of nitrogens with one attached hydrogen (secondary N) is 2. The zero-order valence-corrected chi connectivity index (χ0v) is 19.8. The van der Waals surface area contributed by atoms with Crippen LogP contribution in [0.2, 0.25) is 0 Å². The summed E-state index contributed by atoms with van der Waals surface area (Å²) in [5, 5.41) is 14.1. The van der Waals surface area contributed by atoms with E-state index in [0.29, 0.717) is 17.9 Å². The van der Waals surface area contributed by atoms with Gasteiger partial charge in [-0.05, 0) is 51.7 Å². The smallest absolute Gasteiger partial charge is 0.305 e. The predicted octanol–water partition coefficient (Wildman–Crippen LogP) is 3.09. The molecule has 0 fully saturated rings. The number of amides is 2. The Kier molecular flexibility index (Phi) is 9.02. The number of rotatable bonds is 11. The lowest BCUT2D eigenvalue weighted by atomic mass is 10.1. The number of hydrogen-bond acceptors (Lipinski definition) is 6. The second-order valence-corrected chi connectivity index (χ2v) is 8.24. The Morgan fingerprint density at radius 1 is 0.943 bits per heavy atom. The molecule has 0 bridgehead atoms. The van der Waals surface area contributed by atoms with Crippen LogP contribution in [0.5, 0.6) is 0 Å². The van der Waals surface area contributed by atoms with Crippen molar-refractivity contribution in [1.82, 2.24) is 20.2 Å². The van der Waals surface area contributed by atoms with E-state index in [4.69, 9.17) is 5.11 Å². The molecule has 3 aromatic rings. The van der Waals surface area contributed by atoms with E-state index in [1.807, 2.05) is 44.4 Å². The van der Waals surface area contributed by atoms with Crippen molar-refractivity contribution in [3.8, 4) is 11.4 Å². The van der Waals surface area contributed by atoms with Crippen LogP contribution in [-0.2, 0) is 11.2 Å². The predicted molar refractivity (Wildman–Crippen MR) is 133 cm³/mol. The van der Waals surface area contributed by atoms with Crippen LogP contribution in [0.3, 0.4) is 0 Å². The summed E-state index contributed by atoms with van der Waals surface area (Å²) >= 11 is 0. The van der Waals surface area contributed by atoms with Gasteiger partial charge in [0.2, 0.25) is 0 Å². The molecule has 0 aliphatic rings. The van der Waals surface area contributed by atoms with Crippen LogP contribution in [0.1, 0.15) is 39.4 Å². The minimum Gasteiger partial charge on any atom is -0.481 e. The molecule has 2 amide bonds. The number of carbonyl (C=O) groups excluding carboxylic acids is 2. The number of carbonyl (C=O) groups is 3. The summed E-state index contributed by atoms with van der Waals surface area (Å²) in [6, 6.07) is 17.7. The summed E-state index contributed by atoms with van der Waals surface area (Å²) < 4.78 is 0. The van der Waals surface area contributed by atoms with Crippen molar-refractivity contribution in [2.45, 2.75) is 19.3 Å². The molecule has 0 aliphatic carbocycles. The van der Waals surface area contributed by atoms with Gasteiger partial charge in [0.1, 0.15) is 5.69 Å². The number of aromatic nitrogens is 2. The molecule has 3 rings (SSSR count). The molecule has 0 aliphatic heterocycles. The summed E-state index contributed by atoms with van der Waals surface area (Å²) in [7, 11) is 4.01. The number of hydrogen-bond donors (Lipinski definition) is 3. The van der Waals surface area contributed by atoms with Crippen molar-refractivity contribution in [3.05, 3.63) is 77.6 Å². The first kappa shape index (κ1) is 25.5. The van der Waals surface area contributed by atoms with Crippen LogP contribution in [0, 0.1) is 0 Å². The third-order valence-electron chi connectivity index (χ3n) is 5.13. The van der Waals surface area contributed by atoms with Crippen molar-refractivity contribution in [1.29, 1.82) is 0 Å². The SMILES string of the molecule is CN(C)CCCc1cc(C(=O)Nc2ccccc2C(=O)NCCC(=O)O)nc(-c2ccccc2)n1. The summed E-state index contributed by atoms with van der Waals surface area (Å²) in [4.78, 5) is 47.7. The average molecular weight is 476 g/mol. The van der Waals surface area contributed by atoms with Crippen LogP contribution in [0.15, 0.2) is 60.7 Å². The van der Waals surface area contributed by atoms with E-state index in [1.165, 1.54) is 0 Å². The highest BCUT2D eigenvalue weighted by Gasteiger charge is 2.17. The maximum absolute atomic E-state index is 13.2. The fourth-order valence-electron chi connectivity index (χ4n) is 3.39. The van der Waals surface area contributed by atoms with Gasteiger partial charge in [0.25, 0.3) is 11.8 Å². The summed E-state index contributed by atoms with van der Waals surface area (Å²) in [5.74, 6) is -1.49. The minimum absolute atomic E-state index is 0.0148. The van der Waals surface area contributed by atoms with Crippen molar-refractivity contribution >= 4 is 23.5 Å². The standard InChI is InChI=1S/C26H29N5O4/c1-31(2)16-8-11-19-17-22(29-24(28-19)18-9-4-3-5-10-18)26(35)30-21-13-7-6-12-20(21)25(34)27-15-14-23(32)33/h3-7,9-10,12-13,17H,8,11,14-16H2,1-2H3,(H,27,34)(H,30,35)(H,32,33). The van der Waals surface area contributed by atoms with Gasteiger partial charge in [-0.1, -0.05) is 42.5 Å². The molecule has 0 spiro atoms. The summed E-state index contributed by atoms with van der Waals surface area (Å²) in [5.41, 5.74) is 2.29. The summed E-state index contributed by atoms with van der Waals surface area (Å²) in [6.07, 6.45) is 1.36. The van der Waals surface area contributed by atoms with E-state index in [2.05, 4.69) is 25.5 Å². The van der Waals surface area contributed by atoms with Gasteiger partial charge in [0.05, 0.1) is 17.7 Å². The molecular weight excluding hydrogens is 446 g/mol. The highest BCUT2D eigenvalue weighted by atomic mass is 16.4. The largest absolute Gasteiger partial charge is 0.481 e. The quantitative estimate of drug-likeness (QED) is 0.389. The number of aryl methyl sites for hydroxylation is 1. The van der Waals surface area contributed by atoms with Crippen LogP contribution >= 0.6 is 0 Å². The van der Waals surface area contributed by atoms with Gasteiger partial charge >= 0.3 is 5.97 Å². The average Bonchev–Trinajstić information content (AvgIpc) is 2.84. The molecule has 35 heavy (non-hydrogen) atoms. The van der Waals surface area contributed by atoms with Gasteiger partial charge in [0.15, 0.2) is 5.82 Å². The van der Waals surface area contributed by atoms with Gasteiger partial charge in [0, 0.05) is 17.8 Å². The first-order chi connectivity index (χ1) is 16.8. The number of para-hydroxylation sites is 1. The molecule has 9 heteroatoms. The Bertz CT molecular complexity index is 1180. The van der Waals surface area contributed by atoms with Crippen LogP contribution in [0.25, 0.3) is 11.4 Å². The molecule has 0 atom stereocenters. The van der Waals surface area contributed by atoms with Crippen LogP contribution in [0.4, 0.5) is 5.69 Å². The molecule has 0 saturated carbocycles. The number of carboxylic acid groups (broad SMARTS) is 1. The monoisotopic (exact) mass is 475 g/mol. The minimum atomic E-state index is -1.01. The first-order valence-corrected chi connectivity index (χ1v) is 11.3. The maximum Gasteiger partial charge on any atom is 0.305 e. The van der Waals surface area contributed by atoms with Crippen molar-refractivity contribution in [2.75, 3.05) is 32.5 Å². The van der Waals surface area contributed by atoms with Gasteiger partial charge in [-0.15, -0.1) is 0 Å². The maximum atomic E-state index is 13.2. The molecule has 2 aromatic carbocycles. The molecular formula is C26H29N5O4. The topological polar surface area (TPSA) is 125 Å². The fraction of sp³-hybridized carbons (Fsp3) is 0.269. The van der Waals surface area contributed by atoms with E-state index >= 15 is 0 Å². The van der Waals surface area contributed by atoms with E-state index in [0.717, 1.165) is 24.2 Å². The second-order valence-electron chi connectivity index (χ2n) is 8.24. The first-order valence-electron chi connectivity index (χ1n) is 11.3. The normalized spacial score (nSPS) is 10.7. The molecule has 0 unspecified atom stereocenters. The summed E-state index contributed by atoms with van der Waals surface area (Å²) in [6.45, 7) is 0.871. The third kappa shape index (κ3) is 7.72. The second kappa shape index (κ2) is 12.4. The molecule has 1 heterocycles. The Labute approximate surface area is 204 Å². The fourth-order valence-corrected chi connectivity index (χ4v) is 3.39. The molecule has 3 N–H and O–H groups in total. The van der Waals surface area contributed by atoms with Crippen molar-refractivity contribution in [2.24, 2.45) is 0 Å². The van der Waals surface area contributed by atoms with E-state index < -0.39 is 17.8 Å². The van der Waals surface area contributed by atoms with Crippen LogP contribution < -0.4 is 10.6 Å². The van der Waals surface area contributed by atoms with Gasteiger partial charge < -0.3 is 20.6 Å². The Balaban J connectivity index is 1.84. The molecule has 0 radical (unpaired) electrons. The van der Waals surface area contributed by atoms with Gasteiger partial charge in [-0.25, -0.2) is 9.97 Å². The lowest BCUT2D eigenvalue weighted by Gasteiger charge is -2.13. The van der Waals surface area contributed by atoms with Crippen molar-refractivity contribution < 1.29 is 19.5 Å². The van der Waals surface area contributed by atoms with E-state index in [-0.39, 0.29) is 24.2 Å². The highest BCUT2D eigenvalue weighted by Crippen LogP contribution is 2.19. The molecule has 182 valence electrons. The number of nitrogens with zero attached hydrogens (tertiary/aromatic N) is 3. The molecule has 0 saturated heterocycles.